The fourth-order valence-corrected chi connectivity index (χ4v) is 3.02. The van der Waals surface area contributed by atoms with Crippen molar-refractivity contribution in [3.8, 4) is 0 Å². The Balaban J connectivity index is 2.21. The number of hydrogen-bond acceptors (Lipinski definition) is 2. The monoisotopic (exact) mass is 262 g/mol. The molecule has 1 aromatic rings. The smallest absolute Gasteiger partial charge is 0.255 e. The molecule has 1 heterocycles. The third kappa shape index (κ3) is 3.47. The quantitative estimate of drug-likeness (QED) is 0.827. The summed E-state index contributed by atoms with van der Waals surface area (Å²) < 4.78 is 2.04. The van der Waals surface area contributed by atoms with E-state index < -0.39 is 0 Å². The Morgan fingerprint density at radius 3 is 2.68 bits per heavy atom. The highest BCUT2D eigenvalue weighted by Gasteiger charge is 2.18. The third-order valence-electron chi connectivity index (χ3n) is 4.08. The van der Waals surface area contributed by atoms with Crippen molar-refractivity contribution in [2.75, 3.05) is 6.54 Å². The Bertz CT molecular complexity index is 458. The minimum atomic E-state index is 0.218. The number of hydrogen-bond donors (Lipinski definition) is 1. The van der Waals surface area contributed by atoms with Crippen LogP contribution in [-0.2, 0) is 6.54 Å². The number of aryl methyl sites for hydroxylation is 1. The van der Waals surface area contributed by atoms with Crippen LogP contribution in [0.4, 0.5) is 0 Å². The molecule has 1 aliphatic rings. The summed E-state index contributed by atoms with van der Waals surface area (Å²) in [4.78, 5) is 12.6. The van der Waals surface area contributed by atoms with E-state index in [-0.39, 0.29) is 5.56 Å². The van der Waals surface area contributed by atoms with Gasteiger partial charge < -0.3 is 9.88 Å². The minimum absolute atomic E-state index is 0.218. The second-order valence-corrected chi connectivity index (χ2v) is 5.64. The van der Waals surface area contributed by atoms with Crippen molar-refractivity contribution in [2.45, 2.75) is 65.0 Å². The number of rotatable bonds is 5. The molecule has 0 aromatic carbocycles. The maximum atomic E-state index is 12.6. The van der Waals surface area contributed by atoms with Gasteiger partial charge in [-0.05, 0) is 38.8 Å². The Morgan fingerprint density at radius 2 is 2.00 bits per heavy atom. The molecule has 0 atom stereocenters. The molecule has 1 aliphatic carbocycles. The first-order chi connectivity index (χ1) is 9.24. The van der Waals surface area contributed by atoms with Crippen molar-refractivity contribution in [1.29, 1.82) is 0 Å². The largest absolute Gasteiger partial charge is 0.312 e. The van der Waals surface area contributed by atoms with E-state index in [1.165, 1.54) is 19.3 Å². The van der Waals surface area contributed by atoms with E-state index in [1.54, 1.807) is 0 Å². The zero-order chi connectivity index (χ0) is 13.7. The second kappa shape index (κ2) is 6.90. The fourth-order valence-electron chi connectivity index (χ4n) is 3.02. The summed E-state index contributed by atoms with van der Waals surface area (Å²) in [5.41, 5.74) is 2.23. The van der Waals surface area contributed by atoms with Crippen LogP contribution < -0.4 is 10.9 Å². The third-order valence-corrected chi connectivity index (χ3v) is 4.08. The summed E-state index contributed by atoms with van der Waals surface area (Å²) in [7, 11) is 0. The van der Waals surface area contributed by atoms with Crippen molar-refractivity contribution in [3.05, 3.63) is 33.7 Å². The van der Waals surface area contributed by atoms with E-state index in [9.17, 15) is 4.79 Å². The maximum Gasteiger partial charge on any atom is 0.255 e. The molecule has 0 aliphatic heterocycles. The van der Waals surface area contributed by atoms with E-state index in [4.69, 9.17) is 0 Å². The Labute approximate surface area is 116 Å². The Kier molecular flexibility index (Phi) is 5.20. The Morgan fingerprint density at radius 1 is 1.26 bits per heavy atom. The fraction of sp³-hybridized carbons (Fsp3) is 0.688. The van der Waals surface area contributed by atoms with Gasteiger partial charge in [0.15, 0.2) is 0 Å². The molecule has 106 valence electrons. The van der Waals surface area contributed by atoms with Gasteiger partial charge in [-0.15, -0.1) is 0 Å². The molecule has 19 heavy (non-hydrogen) atoms. The van der Waals surface area contributed by atoms with E-state index in [1.807, 2.05) is 10.6 Å². The van der Waals surface area contributed by atoms with Crippen LogP contribution in [0.5, 0.6) is 0 Å². The lowest BCUT2D eigenvalue weighted by Crippen LogP contribution is -2.32. The predicted octanol–water partition coefficient (Wildman–Crippen LogP) is 3.16. The van der Waals surface area contributed by atoms with E-state index >= 15 is 0 Å². The van der Waals surface area contributed by atoms with Crippen LogP contribution in [0.15, 0.2) is 16.9 Å². The first kappa shape index (κ1) is 14.3. The molecule has 1 N–H and O–H groups in total. The first-order valence-electron chi connectivity index (χ1n) is 7.65. The lowest BCUT2D eigenvalue weighted by atomic mass is 9.94. The molecular formula is C16H26N2O. The van der Waals surface area contributed by atoms with Crippen LogP contribution >= 0.6 is 0 Å². The molecule has 0 bridgehead atoms. The van der Waals surface area contributed by atoms with Gasteiger partial charge in [0.2, 0.25) is 0 Å². The number of aromatic nitrogens is 1. The summed E-state index contributed by atoms with van der Waals surface area (Å²) >= 11 is 0. The van der Waals surface area contributed by atoms with Gasteiger partial charge >= 0.3 is 0 Å². The number of nitrogens with zero attached hydrogens (tertiary/aromatic N) is 1. The zero-order valence-corrected chi connectivity index (χ0v) is 12.2. The summed E-state index contributed by atoms with van der Waals surface area (Å²) in [6.07, 6.45) is 7.26. The van der Waals surface area contributed by atoms with Gasteiger partial charge in [0.25, 0.3) is 5.56 Å². The number of pyridine rings is 1. The molecule has 0 radical (unpaired) electrons. The average Bonchev–Trinajstić information content (AvgIpc) is 2.43. The molecule has 1 aromatic heterocycles. The molecular weight excluding hydrogens is 236 g/mol. The molecule has 1 fully saturated rings. The van der Waals surface area contributed by atoms with Gasteiger partial charge in [-0.1, -0.05) is 32.3 Å². The van der Waals surface area contributed by atoms with Gasteiger partial charge in [0, 0.05) is 23.8 Å². The summed E-state index contributed by atoms with van der Waals surface area (Å²) in [6.45, 7) is 5.86. The highest BCUT2D eigenvalue weighted by atomic mass is 16.1. The van der Waals surface area contributed by atoms with Gasteiger partial charge in [-0.2, -0.15) is 0 Å². The van der Waals surface area contributed by atoms with Gasteiger partial charge in [-0.3, -0.25) is 4.79 Å². The van der Waals surface area contributed by atoms with Gasteiger partial charge in [0.05, 0.1) is 0 Å². The van der Waals surface area contributed by atoms with Crippen LogP contribution in [0.2, 0.25) is 0 Å². The lowest BCUT2D eigenvalue weighted by molar-refractivity contribution is 0.340. The molecule has 0 amide bonds. The van der Waals surface area contributed by atoms with Crippen molar-refractivity contribution in [1.82, 2.24) is 9.88 Å². The highest BCUT2D eigenvalue weighted by Crippen LogP contribution is 2.27. The van der Waals surface area contributed by atoms with Gasteiger partial charge in [0.1, 0.15) is 0 Å². The lowest BCUT2D eigenvalue weighted by Gasteiger charge is -2.26. The van der Waals surface area contributed by atoms with Crippen molar-refractivity contribution >= 4 is 0 Å². The van der Waals surface area contributed by atoms with E-state index in [0.717, 1.165) is 37.1 Å². The second-order valence-electron chi connectivity index (χ2n) is 5.64. The highest BCUT2D eigenvalue weighted by molar-refractivity contribution is 5.16. The van der Waals surface area contributed by atoms with E-state index in [0.29, 0.717) is 12.6 Å². The summed E-state index contributed by atoms with van der Waals surface area (Å²) in [5, 5.41) is 3.33. The molecule has 0 spiro atoms. The summed E-state index contributed by atoms with van der Waals surface area (Å²) in [5.74, 6) is 0. The minimum Gasteiger partial charge on any atom is -0.312 e. The standard InChI is InChI=1S/C16H26N2O/c1-3-11-17-12-14-10-9-13(2)18(16(14)19)15-7-5-4-6-8-15/h9-10,15,17H,3-8,11-12H2,1-2H3. The molecule has 0 unspecified atom stereocenters. The SMILES string of the molecule is CCCNCc1ccc(C)n(C2CCCCC2)c1=O. The van der Waals surface area contributed by atoms with Crippen LogP contribution in [0.3, 0.4) is 0 Å². The topological polar surface area (TPSA) is 34.0 Å². The normalized spacial score (nSPS) is 16.7. The summed E-state index contributed by atoms with van der Waals surface area (Å²) in [6, 6.07) is 4.51. The molecule has 2 rings (SSSR count). The predicted molar refractivity (Wildman–Crippen MR) is 79.6 cm³/mol. The average molecular weight is 262 g/mol. The zero-order valence-electron chi connectivity index (χ0n) is 12.2. The van der Waals surface area contributed by atoms with Gasteiger partial charge in [-0.25, -0.2) is 0 Å². The first-order valence-corrected chi connectivity index (χ1v) is 7.65. The molecule has 3 heteroatoms. The number of nitrogens with one attached hydrogen (secondary N) is 1. The van der Waals surface area contributed by atoms with E-state index in [2.05, 4.69) is 25.2 Å². The van der Waals surface area contributed by atoms with Crippen LogP contribution in [0, 0.1) is 6.92 Å². The molecule has 0 saturated heterocycles. The maximum absolute atomic E-state index is 12.6. The van der Waals surface area contributed by atoms with Crippen LogP contribution in [0.25, 0.3) is 0 Å². The van der Waals surface area contributed by atoms with Crippen LogP contribution in [0.1, 0.15) is 62.7 Å². The van der Waals surface area contributed by atoms with Crippen LogP contribution in [-0.4, -0.2) is 11.1 Å². The van der Waals surface area contributed by atoms with Crippen molar-refractivity contribution in [3.63, 3.8) is 0 Å². The molecule has 1 saturated carbocycles. The Hall–Kier alpha value is -1.09. The van der Waals surface area contributed by atoms with Crippen molar-refractivity contribution < 1.29 is 0 Å². The van der Waals surface area contributed by atoms with Crippen molar-refractivity contribution in [2.24, 2.45) is 0 Å². The molecule has 3 nitrogen and oxygen atoms in total.